The first-order valence-corrected chi connectivity index (χ1v) is 6.48. The SMILES string of the molecule is NC(=O)C1CCCCN1C(=O)Cn1cccc1C(=O)O. The Morgan fingerprint density at radius 2 is 2.10 bits per heavy atom. The molecule has 1 aliphatic heterocycles. The topological polar surface area (TPSA) is 106 Å². The molecule has 2 heterocycles. The molecule has 1 saturated heterocycles. The number of aromatic nitrogens is 1. The zero-order chi connectivity index (χ0) is 14.7. The molecule has 0 saturated carbocycles. The molecule has 2 amide bonds. The normalized spacial score (nSPS) is 18.8. The monoisotopic (exact) mass is 279 g/mol. The average molecular weight is 279 g/mol. The molecule has 0 bridgehead atoms. The molecule has 2 rings (SSSR count). The maximum Gasteiger partial charge on any atom is 0.352 e. The third-order valence-electron chi connectivity index (χ3n) is 3.51. The molecule has 7 heteroatoms. The van der Waals surface area contributed by atoms with Crippen LogP contribution in [0.25, 0.3) is 0 Å². The van der Waals surface area contributed by atoms with Crippen LogP contribution in [0.4, 0.5) is 0 Å². The van der Waals surface area contributed by atoms with E-state index in [1.165, 1.54) is 21.7 Å². The number of rotatable bonds is 4. The van der Waals surface area contributed by atoms with Crippen molar-refractivity contribution in [2.45, 2.75) is 31.8 Å². The van der Waals surface area contributed by atoms with Gasteiger partial charge in [-0.25, -0.2) is 4.79 Å². The number of hydrogen-bond acceptors (Lipinski definition) is 3. The number of primary amides is 1. The molecule has 0 radical (unpaired) electrons. The van der Waals surface area contributed by atoms with Crippen LogP contribution in [0.1, 0.15) is 29.8 Å². The minimum absolute atomic E-state index is 0.0472. The van der Waals surface area contributed by atoms with Crippen LogP contribution in [-0.2, 0) is 16.1 Å². The van der Waals surface area contributed by atoms with Crippen molar-refractivity contribution in [3.05, 3.63) is 24.0 Å². The highest BCUT2D eigenvalue weighted by Crippen LogP contribution is 2.17. The highest BCUT2D eigenvalue weighted by Gasteiger charge is 2.30. The average Bonchev–Trinajstić information content (AvgIpc) is 2.87. The summed E-state index contributed by atoms with van der Waals surface area (Å²) in [6.07, 6.45) is 3.79. The summed E-state index contributed by atoms with van der Waals surface area (Å²) < 4.78 is 1.36. The van der Waals surface area contributed by atoms with E-state index in [9.17, 15) is 14.4 Å². The van der Waals surface area contributed by atoms with Gasteiger partial charge in [-0.1, -0.05) is 0 Å². The quantitative estimate of drug-likeness (QED) is 0.812. The Kier molecular flexibility index (Phi) is 4.07. The molecule has 1 aromatic heterocycles. The van der Waals surface area contributed by atoms with Crippen molar-refractivity contribution < 1.29 is 19.5 Å². The van der Waals surface area contributed by atoms with Gasteiger partial charge in [0.05, 0.1) is 0 Å². The maximum absolute atomic E-state index is 12.3. The van der Waals surface area contributed by atoms with Crippen molar-refractivity contribution in [2.24, 2.45) is 5.73 Å². The number of carbonyl (C=O) groups is 3. The second-order valence-corrected chi connectivity index (χ2v) is 4.83. The van der Waals surface area contributed by atoms with Crippen LogP contribution >= 0.6 is 0 Å². The molecule has 0 spiro atoms. The van der Waals surface area contributed by atoms with Crippen molar-refractivity contribution in [3.63, 3.8) is 0 Å². The van der Waals surface area contributed by atoms with E-state index in [-0.39, 0.29) is 18.1 Å². The fourth-order valence-corrected chi connectivity index (χ4v) is 2.51. The van der Waals surface area contributed by atoms with E-state index in [1.807, 2.05) is 0 Å². The largest absolute Gasteiger partial charge is 0.477 e. The minimum atomic E-state index is -1.09. The fraction of sp³-hybridized carbons (Fsp3) is 0.462. The van der Waals surface area contributed by atoms with Crippen LogP contribution < -0.4 is 5.73 Å². The van der Waals surface area contributed by atoms with Gasteiger partial charge >= 0.3 is 5.97 Å². The molecule has 1 atom stereocenters. The van der Waals surface area contributed by atoms with Gasteiger partial charge in [-0.15, -0.1) is 0 Å². The van der Waals surface area contributed by atoms with Gasteiger partial charge in [0.15, 0.2) is 0 Å². The molecule has 108 valence electrons. The first-order chi connectivity index (χ1) is 9.50. The number of nitrogens with zero attached hydrogens (tertiary/aromatic N) is 2. The van der Waals surface area contributed by atoms with E-state index in [2.05, 4.69) is 0 Å². The Hall–Kier alpha value is -2.31. The van der Waals surface area contributed by atoms with Crippen molar-refractivity contribution in [3.8, 4) is 0 Å². The summed E-state index contributed by atoms with van der Waals surface area (Å²) in [5.74, 6) is -1.89. The lowest BCUT2D eigenvalue weighted by molar-refractivity contribution is -0.141. The fourth-order valence-electron chi connectivity index (χ4n) is 2.51. The predicted octanol–water partition coefficient (Wildman–Crippen LogP) is 0.0527. The summed E-state index contributed by atoms with van der Waals surface area (Å²) in [5.41, 5.74) is 5.36. The van der Waals surface area contributed by atoms with Crippen molar-refractivity contribution in [1.82, 2.24) is 9.47 Å². The summed E-state index contributed by atoms with van der Waals surface area (Å²) in [6.45, 7) is 0.383. The third kappa shape index (κ3) is 2.81. The molecule has 0 aromatic carbocycles. The lowest BCUT2D eigenvalue weighted by atomic mass is 10.0. The molecular weight excluding hydrogens is 262 g/mol. The molecule has 3 N–H and O–H groups in total. The zero-order valence-corrected chi connectivity index (χ0v) is 11.0. The van der Waals surface area contributed by atoms with Crippen LogP contribution in [0.3, 0.4) is 0 Å². The number of carboxylic acids is 1. The van der Waals surface area contributed by atoms with Gasteiger partial charge in [0.2, 0.25) is 11.8 Å². The molecule has 7 nitrogen and oxygen atoms in total. The van der Waals surface area contributed by atoms with E-state index in [0.717, 1.165) is 12.8 Å². The molecule has 1 fully saturated rings. The Balaban J connectivity index is 2.12. The zero-order valence-electron chi connectivity index (χ0n) is 11.0. The lowest BCUT2D eigenvalue weighted by Crippen LogP contribution is -2.51. The second-order valence-electron chi connectivity index (χ2n) is 4.83. The smallest absolute Gasteiger partial charge is 0.352 e. The first-order valence-electron chi connectivity index (χ1n) is 6.48. The molecule has 1 unspecified atom stereocenters. The van der Waals surface area contributed by atoms with Gasteiger partial charge in [0, 0.05) is 12.7 Å². The standard InChI is InChI=1S/C13H17N3O4/c14-12(18)9-4-1-2-7-16(9)11(17)8-15-6-3-5-10(15)13(19)20/h3,5-6,9H,1-2,4,7-8H2,(H2,14,18)(H,19,20). The summed E-state index contributed by atoms with van der Waals surface area (Å²) in [4.78, 5) is 36.1. The van der Waals surface area contributed by atoms with E-state index < -0.39 is 17.9 Å². The van der Waals surface area contributed by atoms with E-state index in [4.69, 9.17) is 10.8 Å². The molecule has 1 aromatic rings. The number of nitrogens with two attached hydrogens (primary N) is 1. The van der Waals surface area contributed by atoms with Gasteiger partial charge in [-0.2, -0.15) is 0 Å². The number of carboxylic acid groups (broad SMARTS) is 1. The highest BCUT2D eigenvalue weighted by atomic mass is 16.4. The van der Waals surface area contributed by atoms with Gasteiger partial charge < -0.3 is 20.3 Å². The Bertz CT molecular complexity index is 537. The van der Waals surface area contributed by atoms with Crippen LogP contribution in [0.2, 0.25) is 0 Å². The summed E-state index contributed by atoms with van der Waals surface area (Å²) in [5, 5.41) is 9.00. The van der Waals surface area contributed by atoms with Crippen molar-refractivity contribution in [1.29, 1.82) is 0 Å². The lowest BCUT2D eigenvalue weighted by Gasteiger charge is -2.33. The van der Waals surface area contributed by atoms with Crippen molar-refractivity contribution >= 4 is 17.8 Å². The summed E-state index contributed by atoms with van der Waals surface area (Å²) in [6, 6.07) is 2.41. The Morgan fingerprint density at radius 1 is 1.35 bits per heavy atom. The first kappa shape index (κ1) is 14.1. The van der Waals surface area contributed by atoms with Gasteiger partial charge in [-0.05, 0) is 31.4 Å². The van der Waals surface area contributed by atoms with Gasteiger partial charge in [0.25, 0.3) is 0 Å². The molecular formula is C13H17N3O4. The van der Waals surface area contributed by atoms with E-state index >= 15 is 0 Å². The number of hydrogen-bond donors (Lipinski definition) is 2. The van der Waals surface area contributed by atoms with Crippen LogP contribution in [0, 0.1) is 0 Å². The molecule has 0 aliphatic carbocycles. The number of likely N-dealkylation sites (tertiary alicyclic amines) is 1. The maximum atomic E-state index is 12.3. The number of carbonyl (C=O) groups excluding carboxylic acids is 2. The van der Waals surface area contributed by atoms with Gasteiger partial charge in [0.1, 0.15) is 18.3 Å². The number of aromatic carboxylic acids is 1. The second kappa shape index (κ2) is 5.77. The Morgan fingerprint density at radius 3 is 2.75 bits per heavy atom. The van der Waals surface area contributed by atoms with Crippen LogP contribution in [0.5, 0.6) is 0 Å². The van der Waals surface area contributed by atoms with E-state index in [0.29, 0.717) is 13.0 Å². The molecule has 1 aliphatic rings. The Labute approximate surface area is 116 Å². The highest BCUT2D eigenvalue weighted by molar-refractivity contribution is 5.88. The van der Waals surface area contributed by atoms with Crippen LogP contribution in [-0.4, -0.2) is 44.9 Å². The van der Waals surface area contributed by atoms with Gasteiger partial charge in [-0.3, -0.25) is 9.59 Å². The molecule has 20 heavy (non-hydrogen) atoms. The third-order valence-corrected chi connectivity index (χ3v) is 3.51. The minimum Gasteiger partial charge on any atom is -0.477 e. The number of piperidine rings is 1. The summed E-state index contributed by atoms with van der Waals surface area (Å²) >= 11 is 0. The number of amides is 2. The van der Waals surface area contributed by atoms with E-state index in [1.54, 1.807) is 6.07 Å². The van der Waals surface area contributed by atoms with Crippen molar-refractivity contribution in [2.75, 3.05) is 6.54 Å². The summed E-state index contributed by atoms with van der Waals surface area (Å²) in [7, 11) is 0. The van der Waals surface area contributed by atoms with Crippen LogP contribution in [0.15, 0.2) is 18.3 Å². The predicted molar refractivity (Wildman–Crippen MR) is 69.9 cm³/mol.